The molecule has 2 aromatic rings. The van der Waals surface area contributed by atoms with E-state index in [1.54, 1.807) is 6.07 Å². The van der Waals surface area contributed by atoms with E-state index in [-0.39, 0.29) is 37.5 Å². The molecule has 0 spiro atoms. The Hall–Kier alpha value is -1.80. The molecule has 9 heteroatoms. The van der Waals surface area contributed by atoms with Gasteiger partial charge in [0, 0.05) is 36.6 Å². The fraction of sp³-hybridized carbons (Fsp3) is 0.458. The van der Waals surface area contributed by atoms with Gasteiger partial charge >= 0.3 is 6.18 Å². The second-order valence-corrected chi connectivity index (χ2v) is 9.21. The molecule has 2 fully saturated rings. The first-order valence-corrected chi connectivity index (χ1v) is 11.6. The Balaban J connectivity index is 1.52. The Morgan fingerprint density at radius 2 is 1.97 bits per heavy atom. The highest BCUT2D eigenvalue weighted by atomic mass is 35.5. The predicted molar refractivity (Wildman–Crippen MR) is 120 cm³/mol. The summed E-state index contributed by atoms with van der Waals surface area (Å²) in [6, 6.07) is 9.60. The highest BCUT2D eigenvalue weighted by Crippen LogP contribution is 2.44. The van der Waals surface area contributed by atoms with Gasteiger partial charge in [-0.1, -0.05) is 29.8 Å². The number of alkyl halides is 3. The van der Waals surface area contributed by atoms with Gasteiger partial charge in [-0.3, -0.25) is 9.69 Å². The molecule has 0 aromatic heterocycles. The van der Waals surface area contributed by atoms with Gasteiger partial charge in [-0.05, 0) is 59.7 Å². The van der Waals surface area contributed by atoms with Crippen LogP contribution in [0.5, 0.6) is 5.75 Å². The highest BCUT2D eigenvalue weighted by Gasteiger charge is 2.37. The van der Waals surface area contributed by atoms with Crippen molar-refractivity contribution in [2.24, 2.45) is 0 Å². The first-order valence-electron chi connectivity index (χ1n) is 10.9. The van der Waals surface area contributed by atoms with Crippen molar-refractivity contribution in [3.8, 4) is 5.75 Å². The van der Waals surface area contributed by atoms with E-state index < -0.39 is 23.1 Å². The summed E-state index contributed by atoms with van der Waals surface area (Å²) in [6.45, 7) is 1.53. The molecule has 0 amide bonds. The molecule has 4 rings (SSSR count). The van der Waals surface area contributed by atoms with Crippen molar-refractivity contribution in [1.29, 1.82) is 0 Å². The Morgan fingerprint density at radius 3 is 2.67 bits per heavy atom. The zero-order valence-electron chi connectivity index (χ0n) is 17.8. The zero-order valence-corrected chi connectivity index (χ0v) is 19.3. The maximum Gasteiger partial charge on any atom is 0.416 e. The largest absolute Gasteiger partial charge is 0.489 e. The first-order chi connectivity index (χ1) is 15.7. The average molecular weight is 502 g/mol. The maximum atomic E-state index is 13.9. The van der Waals surface area contributed by atoms with Crippen LogP contribution >= 0.6 is 23.2 Å². The summed E-state index contributed by atoms with van der Waals surface area (Å²) < 4.78 is 53.2. The van der Waals surface area contributed by atoms with Crippen molar-refractivity contribution in [1.82, 2.24) is 4.90 Å². The second-order valence-electron chi connectivity index (χ2n) is 8.38. The molecular formula is C24H24Cl2F3NO3. The summed E-state index contributed by atoms with van der Waals surface area (Å²) in [6.07, 6.45) is -3.04. The molecule has 1 saturated heterocycles. The average Bonchev–Trinajstić information content (AvgIpc) is 3.61. The summed E-state index contributed by atoms with van der Waals surface area (Å²) in [5.41, 5.74) is 1.18. The van der Waals surface area contributed by atoms with Crippen molar-refractivity contribution in [2.45, 2.75) is 44.1 Å². The molecule has 33 heavy (non-hydrogen) atoms. The molecule has 1 saturated carbocycles. The molecule has 2 aliphatic rings. The lowest BCUT2D eigenvalue weighted by molar-refractivity contribution is -0.140. The van der Waals surface area contributed by atoms with Crippen LogP contribution in [0.3, 0.4) is 0 Å². The minimum atomic E-state index is -4.57. The van der Waals surface area contributed by atoms with E-state index in [0.29, 0.717) is 24.0 Å². The van der Waals surface area contributed by atoms with Crippen LogP contribution in [0.4, 0.5) is 13.2 Å². The minimum absolute atomic E-state index is 0.0492. The van der Waals surface area contributed by atoms with Crippen molar-refractivity contribution in [2.75, 3.05) is 26.2 Å². The number of nitrogens with zero attached hydrogens (tertiary/aromatic N) is 1. The van der Waals surface area contributed by atoms with Crippen molar-refractivity contribution in [3.05, 3.63) is 63.7 Å². The first kappa shape index (κ1) is 24.3. The molecule has 0 N–H and O–H groups in total. The highest BCUT2D eigenvalue weighted by molar-refractivity contribution is 6.63. The molecule has 1 heterocycles. The topological polar surface area (TPSA) is 38.8 Å². The lowest BCUT2D eigenvalue weighted by atomic mass is 9.99. The van der Waals surface area contributed by atoms with Crippen LogP contribution in [0.15, 0.2) is 36.4 Å². The summed E-state index contributed by atoms with van der Waals surface area (Å²) in [5.74, 6) is 0.559. The van der Waals surface area contributed by atoms with Gasteiger partial charge in [-0.25, -0.2) is 0 Å². The SMILES string of the molecule is O=C(Cl)CCN1CCOC(c2ccc(OCc3c(Cl)cccc3C3CC3)cc2C(F)(F)F)C1. The predicted octanol–water partition coefficient (Wildman–Crippen LogP) is 6.34. The van der Waals surface area contributed by atoms with Crippen LogP contribution in [-0.2, 0) is 22.3 Å². The van der Waals surface area contributed by atoms with E-state index >= 15 is 0 Å². The fourth-order valence-electron chi connectivity index (χ4n) is 4.15. The summed E-state index contributed by atoms with van der Waals surface area (Å²) in [7, 11) is 0. The fourth-order valence-corrected chi connectivity index (χ4v) is 4.47. The lowest BCUT2D eigenvalue weighted by Crippen LogP contribution is -2.39. The number of carbonyl (C=O) groups is 1. The number of halogens is 5. The number of carbonyl (C=O) groups excluding carboxylic acids is 1. The van der Waals surface area contributed by atoms with E-state index in [0.717, 1.165) is 30.0 Å². The molecule has 1 aliphatic carbocycles. The van der Waals surface area contributed by atoms with Gasteiger partial charge in [-0.15, -0.1) is 0 Å². The summed E-state index contributed by atoms with van der Waals surface area (Å²) in [4.78, 5) is 12.9. The van der Waals surface area contributed by atoms with Crippen LogP contribution in [0.2, 0.25) is 5.02 Å². The molecule has 1 unspecified atom stereocenters. The van der Waals surface area contributed by atoms with Crippen molar-refractivity contribution >= 4 is 28.4 Å². The van der Waals surface area contributed by atoms with Crippen LogP contribution < -0.4 is 4.74 Å². The third-order valence-electron chi connectivity index (χ3n) is 6.01. The minimum Gasteiger partial charge on any atom is -0.489 e. The van der Waals surface area contributed by atoms with E-state index in [1.165, 1.54) is 12.1 Å². The van der Waals surface area contributed by atoms with E-state index in [1.807, 2.05) is 17.0 Å². The van der Waals surface area contributed by atoms with Gasteiger partial charge in [0.15, 0.2) is 0 Å². The Labute approximate surface area is 200 Å². The van der Waals surface area contributed by atoms with Crippen LogP contribution in [0.25, 0.3) is 0 Å². The lowest BCUT2D eigenvalue weighted by Gasteiger charge is -2.34. The number of hydrogen-bond acceptors (Lipinski definition) is 4. The van der Waals surface area contributed by atoms with E-state index in [4.69, 9.17) is 32.7 Å². The monoisotopic (exact) mass is 501 g/mol. The number of benzene rings is 2. The molecule has 1 aliphatic heterocycles. The number of ether oxygens (including phenoxy) is 2. The quantitative estimate of drug-likeness (QED) is 0.395. The van der Waals surface area contributed by atoms with Crippen LogP contribution in [0.1, 0.15) is 53.5 Å². The molecule has 0 radical (unpaired) electrons. The smallest absolute Gasteiger partial charge is 0.416 e. The maximum absolute atomic E-state index is 13.9. The summed E-state index contributed by atoms with van der Waals surface area (Å²) in [5, 5.41) is 0.0806. The zero-order chi connectivity index (χ0) is 23.6. The van der Waals surface area contributed by atoms with Gasteiger partial charge in [-0.2, -0.15) is 13.2 Å². The Kier molecular flexibility index (Phi) is 7.53. The Bertz CT molecular complexity index is 1010. The normalized spacial score (nSPS) is 19.5. The number of rotatable bonds is 8. The standard InChI is InChI=1S/C24H24Cl2F3NO3/c25-21-3-1-2-17(15-4-5-15)19(21)14-33-16-6-7-18(20(12-16)24(27,28)29)22-13-30(10-11-32-22)9-8-23(26)31/h1-3,6-7,12,15,22H,4-5,8-11,13-14H2. The molecule has 1 atom stereocenters. The van der Waals surface area contributed by atoms with Crippen LogP contribution in [0, 0.1) is 0 Å². The molecule has 0 bridgehead atoms. The van der Waals surface area contributed by atoms with Gasteiger partial charge in [0.1, 0.15) is 12.4 Å². The second kappa shape index (κ2) is 10.2. The van der Waals surface area contributed by atoms with E-state index in [2.05, 4.69) is 0 Å². The number of morpholine rings is 1. The molecule has 4 nitrogen and oxygen atoms in total. The van der Waals surface area contributed by atoms with Crippen molar-refractivity contribution in [3.63, 3.8) is 0 Å². The van der Waals surface area contributed by atoms with Gasteiger partial charge in [0.25, 0.3) is 0 Å². The molecule has 2 aromatic carbocycles. The summed E-state index contributed by atoms with van der Waals surface area (Å²) >= 11 is 11.7. The third-order valence-corrected chi connectivity index (χ3v) is 6.55. The van der Waals surface area contributed by atoms with Crippen LogP contribution in [-0.4, -0.2) is 36.4 Å². The molecule has 178 valence electrons. The number of hydrogen-bond donors (Lipinski definition) is 0. The van der Waals surface area contributed by atoms with E-state index in [9.17, 15) is 18.0 Å². The third kappa shape index (κ3) is 6.21. The van der Waals surface area contributed by atoms with Gasteiger partial charge < -0.3 is 9.47 Å². The van der Waals surface area contributed by atoms with Gasteiger partial charge in [0.05, 0.1) is 18.3 Å². The van der Waals surface area contributed by atoms with Gasteiger partial charge in [0.2, 0.25) is 5.24 Å². The molecular weight excluding hydrogens is 478 g/mol. The van der Waals surface area contributed by atoms with Crippen molar-refractivity contribution < 1.29 is 27.4 Å². The Morgan fingerprint density at radius 1 is 1.18 bits per heavy atom.